The molecule has 3 rings (SSSR count). The van der Waals surface area contributed by atoms with Crippen LogP contribution in [0.2, 0.25) is 0 Å². The van der Waals surface area contributed by atoms with Gasteiger partial charge in [0.2, 0.25) is 0 Å². The molecule has 0 bridgehead atoms. The predicted molar refractivity (Wildman–Crippen MR) is 104 cm³/mol. The zero-order chi connectivity index (χ0) is 18.0. The van der Waals surface area contributed by atoms with Crippen molar-refractivity contribution < 1.29 is 14.7 Å². The third-order valence-electron chi connectivity index (χ3n) is 3.88. The van der Waals surface area contributed by atoms with Gasteiger partial charge in [0.1, 0.15) is 10.9 Å². The number of thiocarbonyl (C=S) groups is 1. The van der Waals surface area contributed by atoms with Crippen molar-refractivity contribution >= 4 is 51.4 Å². The standard InChI is InChI=1S/C18H16N2O3S2/c1-2-19-10-9-12(13-5-3-4-6-14(13)19)7-8-15-17(23)20(11-16(21)22)18(24)25-15/h3-10H,2,11H2,1H3,(H,21,22)/b12-7-,15-8+. The molecule has 0 unspecified atom stereocenters. The van der Waals surface area contributed by atoms with Crippen molar-refractivity contribution in [3.05, 3.63) is 59.2 Å². The molecule has 2 aliphatic heterocycles. The van der Waals surface area contributed by atoms with Crippen LogP contribution in [0.4, 0.5) is 5.69 Å². The first-order chi connectivity index (χ1) is 12.0. The van der Waals surface area contributed by atoms with Crippen LogP contribution >= 0.6 is 24.0 Å². The molecule has 2 heterocycles. The average Bonchev–Trinajstić information content (AvgIpc) is 2.86. The lowest BCUT2D eigenvalue weighted by Gasteiger charge is -2.26. The molecule has 128 valence electrons. The summed E-state index contributed by atoms with van der Waals surface area (Å²) in [6.07, 6.45) is 7.59. The summed E-state index contributed by atoms with van der Waals surface area (Å²) in [4.78, 5) is 26.8. The Morgan fingerprint density at radius 1 is 1.32 bits per heavy atom. The Morgan fingerprint density at radius 2 is 2.08 bits per heavy atom. The second kappa shape index (κ2) is 7.25. The highest BCUT2D eigenvalue weighted by Crippen LogP contribution is 2.34. The fourth-order valence-electron chi connectivity index (χ4n) is 2.68. The number of carboxylic acids is 1. The van der Waals surface area contributed by atoms with Crippen molar-refractivity contribution in [2.24, 2.45) is 0 Å². The van der Waals surface area contributed by atoms with E-state index in [9.17, 15) is 9.59 Å². The minimum atomic E-state index is -1.08. The van der Waals surface area contributed by atoms with E-state index < -0.39 is 12.5 Å². The van der Waals surface area contributed by atoms with Crippen LogP contribution in [-0.2, 0) is 9.59 Å². The first-order valence-electron chi connectivity index (χ1n) is 7.73. The summed E-state index contributed by atoms with van der Waals surface area (Å²) in [7, 11) is 0. The number of hydrogen-bond acceptors (Lipinski definition) is 5. The van der Waals surface area contributed by atoms with E-state index in [0.29, 0.717) is 4.91 Å². The lowest BCUT2D eigenvalue weighted by Crippen LogP contribution is -2.33. The number of carbonyl (C=O) groups excluding carboxylic acids is 1. The number of allylic oxidation sites excluding steroid dienone is 4. The molecule has 0 aliphatic carbocycles. The van der Waals surface area contributed by atoms with Gasteiger partial charge in [0, 0.05) is 24.0 Å². The van der Waals surface area contributed by atoms with Gasteiger partial charge in [-0.2, -0.15) is 0 Å². The van der Waals surface area contributed by atoms with E-state index in [-0.39, 0.29) is 10.2 Å². The number of hydrogen-bond donors (Lipinski definition) is 1. The van der Waals surface area contributed by atoms with Crippen LogP contribution in [0, 0.1) is 0 Å². The Hall–Kier alpha value is -2.38. The number of carbonyl (C=O) groups is 2. The molecule has 1 N–H and O–H groups in total. The molecule has 7 heteroatoms. The number of thioether (sulfide) groups is 1. The first-order valence-corrected chi connectivity index (χ1v) is 8.95. The largest absolute Gasteiger partial charge is 0.480 e. The van der Waals surface area contributed by atoms with E-state index in [1.807, 2.05) is 36.6 Å². The molecule has 2 aliphatic rings. The fourth-order valence-corrected chi connectivity index (χ4v) is 3.88. The van der Waals surface area contributed by atoms with Gasteiger partial charge in [0.25, 0.3) is 5.91 Å². The van der Waals surface area contributed by atoms with Crippen molar-refractivity contribution in [3.8, 4) is 0 Å². The van der Waals surface area contributed by atoms with E-state index in [1.165, 1.54) is 0 Å². The Morgan fingerprint density at radius 3 is 2.80 bits per heavy atom. The molecule has 0 aromatic heterocycles. The van der Waals surface area contributed by atoms with Gasteiger partial charge in [-0.25, -0.2) is 0 Å². The maximum atomic E-state index is 12.3. The van der Waals surface area contributed by atoms with Crippen LogP contribution in [0.15, 0.2) is 53.6 Å². The van der Waals surface area contributed by atoms with Crippen LogP contribution in [-0.4, -0.2) is 39.3 Å². The topological polar surface area (TPSA) is 60.9 Å². The lowest BCUT2D eigenvalue weighted by atomic mass is 9.99. The summed E-state index contributed by atoms with van der Waals surface area (Å²) >= 11 is 6.23. The minimum absolute atomic E-state index is 0.272. The van der Waals surface area contributed by atoms with Gasteiger partial charge in [0.15, 0.2) is 0 Å². The smallest absolute Gasteiger partial charge is 0.323 e. The van der Waals surface area contributed by atoms with Gasteiger partial charge in [-0.3, -0.25) is 14.5 Å². The summed E-state index contributed by atoms with van der Waals surface area (Å²) in [5.74, 6) is -1.45. The molecule has 0 atom stereocenters. The Bertz CT molecular complexity index is 842. The molecule has 0 radical (unpaired) electrons. The summed E-state index contributed by atoms with van der Waals surface area (Å²) in [5, 5.41) is 8.88. The number of carboxylic acid groups (broad SMARTS) is 1. The van der Waals surface area contributed by atoms with Crippen molar-refractivity contribution in [2.45, 2.75) is 6.92 Å². The van der Waals surface area contributed by atoms with Gasteiger partial charge < -0.3 is 10.0 Å². The maximum absolute atomic E-state index is 12.3. The highest BCUT2D eigenvalue weighted by Gasteiger charge is 2.33. The number of anilines is 1. The minimum Gasteiger partial charge on any atom is -0.480 e. The van der Waals surface area contributed by atoms with E-state index in [0.717, 1.165) is 40.0 Å². The van der Waals surface area contributed by atoms with Crippen LogP contribution in [0.5, 0.6) is 0 Å². The molecule has 25 heavy (non-hydrogen) atoms. The molecule has 1 amide bonds. The number of para-hydroxylation sites is 1. The molecule has 1 saturated heterocycles. The average molecular weight is 372 g/mol. The van der Waals surface area contributed by atoms with Crippen LogP contribution in [0.1, 0.15) is 12.5 Å². The highest BCUT2D eigenvalue weighted by atomic mass is 32.2. The first kappa shape index (κ1) is 17.4. The van der Waals surface area contributed by atoms with Crippen LogP contribution in [0.3, 0.4) is 0 Å². The third kappa shape index (κ3) is 3.52. The number of benzene rings is 1. The number of aliphatic carboxylic acids is 1. The van der Waals surface area contributed by atoms with Gasteiger partial charge in [-0.15, -0.1) is 0 Å². The number of nitrogens with zero attached hydrogens (tertiary/aromatic N) is 2. The van der Waals surface area contributed by atoms with Crippen LogP contribution < -0.4 is 4.90 Å². The zero-order valence-corrected chi connectivity index (χ0v) is 15.1. The number of rotatable bonds is 4. The van der Waals surface area contributed by atoms with Gasteiger partial charge >= 0.3 is 5.97 Å². The predicted octanol–water partition coefficient (Wildman–Crippen LogP) is 3.25. The maximum Gasteiger partial charge on any atom is 0.323 e. The second-order valence-electron chi connectivity index (χ2n) is 5.42. The molecule has 1 aromatic carbocycles. The SMILES string of the molecule is CCN1C=C/C(=C/C=C2/SC(=S)N(CC(=O)O)C2=O)c2ccccc21. The Kier molecular flexibility index (Phi) is 5.06. The second-order valence-corrected chi connectivity index (χ2v) is 7.10. The monoisotopic (exact) mass is 372 g/mol. The fraction of sp³-hybridized carbons (Fsp3) is 0.167. The zero-order valence-electron chi connectivity index (χ0n) is 13.5. The summed E-state index contributed by atoms with van der Waals surface area (Å²) < 4.78 is 0.272. The molecule has 1 aromatic rings. The highest BCUT2D eigenvalue weighted by molar-refractivity contribution is 8.26. The Labute approximate surface area is 155 Å². The molecule has 1 fully saturated rings. The van der Waals surface area contributed by atoms with E-state index in [4.69, 9.17) is 17.3 Å². The molecule has 0 spiro atoms. The van der Waals surface area contributed by atoms with E-state index >= 15 is 0 Å². The van der Waals surface area contributed by atoms with Gasteiger partial charge in [-0.05, 0) is 30.7 Å². The normalized spacial score (nSPS) is 19.9. The van der Waals surface area contributed by atoms with Crippen LogP contribution in [0.25, 0.3) is 5.57 Å². The molecule has 0 saturated carbocycles. The molecule has 5 nitrogen and oxygen atoms in total. The van der Waals surface area contributed by atoms with Gasteiger partial charge in [0.05, 0.1) is 4.91 Å². The Balaban J connectivity index is 1.89. The van der Waals surface area contributed by atoms with E-state index in [1.54, 1.807) is 6.08 Å². The summed E-state index contributed by atoms with van der Waals surface area (Å²) in [6, 6.07) is 8.07. The van der Waals surface area contributed by atoms with Crippen molar-refractivity contribution in [1.29, 1.82) is 0 Å². The van der Waals surface area contributed by atoms with Crippen molar-refractivity contribution in [1.82, 2.24) is 4.90 Å². The van der Waals surface area contributed by atoms with Gasteiger partial charge in [-0.1, -0.05) is 48.3 Å². The number of amides is 1. The van der Waals surface area contributed by atoms with Crippen molar-refractivity contribution in [3.63, 3.8) is 0 Å². The summed E-state index contributed by atoms with van der Waals surface area (Å²) in [5.41, 5.74) is 3.19. The van der Waals surface area contributed by atoms with E-state index in [2.05, 4.69) is 17.9 Å². The lowest BCUT2D eigenvalue weighted by molar-refractivity contribution is -0.140. The number of fused-ring (bicyclic) bond motifs is 1. The third-order valence-corrected chi connectivity index (χ3v) is 5.28. The quantitative estimate of drug-likeness (QED) is 0.647. The molecular formula is C18H16N2O3S2. The molecular weight excluding hydrogens is 356 g/mol. The summed E-state index contributed by atoms with van der Waals surface area (Å²) in [6.45, 7) is 2.55. The van der Waals surface area contributed by atoms with Crippen molar-refractivity contribution in [2.75, 3.05) is 18.0 Å².